The molecule has 3 heterocycles. The van der Waals surface area contributed by atoms with Crippen molar-refractivity contribution in [1.29, 1.82) is 0 Å². The van der Waals surface area contributed by atoms with Gasteiger partial charge in [0.25, 0.3) is 5.56 Å². The largest absolute Gasteiger partial charge is 0.309 e. The molecular weight excluding hydrogens is 378 g/mol. The Labute approximate surface area is 173 Å². The van der Waals surface area contributed by atoms with Gasteiger partial charge >= 0.3 is 0 Å². The molecule has 0 radical (unpaired) electrons. The Morgan fingerprint density at radius 1 is 1.10 bits per heavy atom. The third-order valence-electron chi connectivity index (χ3n) is 5.60. The predicted molar refractivity (Wildman–Crippen MR) is 115 cm³/mol. The fourth-order valence-electron chi connectivity index (χ4n) is 4.15. The zero-order chi connectivity index (χ0) is 20.7. The van der Waals surface area contributed by atoms with E-state index >= 15 is 0 Å². The quantitative estimate of drug-likeness (QED) is 0.529. The number of aromatic nitrogens is 4. The second-order valence-electron chi connectivity index (χ2n) is 7.57. The molecule has 30 heavy (non-hydrogen) atoms. The molecule has 1 unspecified atom stereocenters. The molecule has 2 aromatic carbocycles. The van der Waals surface area contributed by atoms with E-state index in [1.807, 2.05) is 53.4 Å². The number of benzene rings is 2. The molecule has 7 nitrogen and oxygen atoms in total. The highest BCUT2D eigenvalue weighted by atomic mass is 16.2. The Kier molecular flexibility index (Phi) is 4.43. The van der Waals surface area contributed by atoms with Crippen LogP contribution >= 0.6 is 0 Å². The Balaban J connectivity index is 1.38. The van der Waals surface area contributed by atoms with E-state index in [0.29, 0.717) is 11.0 Å². The SMILES string of the molecule is CC1Cc2ccccc2N1C(=O)CCn1cnc2c(cnn2-c2ccccc2)c1=O. The molecule has 2 aromatic heterocycles. The summed E-state index contributed by atoms with van der Waals surface area (Å²) in [4.78, 5) is 32.1. The molecule has 5 rings (SSSR count). The fraction of sp³-hybridized carbons (Fsp3) is 0.217. The minimum atomic E-state index is -0.190. The molecule has 1 aliphatic rings. The summed E-state index contributed by atoms with van der Waals surface area (Å²) < 4.78 is 3.14. The normalized spacial score (nSPS) is 15.5. The van der Waals surface area contributed by atoms with Crippen LogP contribution in [0, 0.1) is 0 Å². The van der Waals surface area contributed by atoms with Crippen LogP contribution in [-0.2, 0) is 17.8 Å². The van der Waals surface area contributed by atoms with Gasteiger partial charge in [0.05, 0.1) is 18.2 Å². The van der Waals surface area contributed by atoms with Crippen LogP contribution in [0.25, 0.3) is 16.7 Å². The van der Waals surface area contributed by atoms with Gasteiger partial charge in [-0.3, -0.25) is 14.2 Å². The van der Waals surface area contributed by atoms with Gasteiger partial charge in [0.1, 0.15) is 5.39 Å². The van der Waals surface area contributed by atoms with Gasteiger partial charge in [-0.05, 0) is 37.1 Å². The summed E-state index contributed by atoms with van der Waals surface area (Å²) >= 11 is 0. The summed E-state index contributed by atoms with van der Waals surface area (Å²) in [7, 11) is 0. The molecule has 1 aliphatic heterocycles. The van der Waals surface area contributed by atoms with Gasteiger partial charge in [-0.1, -0.05) is 36.4 Å². The van der Waals surface area contributed by atoms with Gasteiger partial charge in [-0.15, -0.1) is 0 Å². The number of carbonyl (C=O) groups excluding carboxylic acids is 1. The van der Waals surface area contributed by atoms with E-state index in [2.05, 4.69) is 23.1 Å². The molecule has 0 spiro atoms. The lowest BCUT2D eigenvalue weighted by atomic mass is 10.1. The van der Waals surface area contributed by atoms with E-state index in [9.17, 15) is 9.59 Å². The van der Waals surface area contributed by atoms with Gasteiger partial charge in [0, 0.05) is 24.7 Å². The highest BCUT2D eigenvalue weighted by Gasteiger charge is 2.30. The Morgan fingerprint density at radius 2 is 1.87 bits per heavy atom. The van der Waals surface area contributed by atoms with Gasteiger partial charge in [-0.25, -0.2) is 9.67 Å². The van der Waals surface area contributed by atoms with Crippen molar-refractivity contribution < 1.29 is 4.79 Å². The number of fused-ring (bicyclic) bond motifs is 2. The minimum absolute atomic E-state index is 0.0134. The number of rotatable bonds is 4. The van der Waals surface area contributed by atoms with Crippen LogP contribution in [0.4, 0.5) is 5.69 Å². The Hall–Kier alpha value is -3.74. The summed E-state index contributed by atoms with van der Waals surface area (Å²) in [6, 6.07) is 17.7. The van der Waals surface area contributed by atoms with Crippen molar-refractivity contribution in [2.24, 2.45) is 0 Å². The van der Waals surface area contributed by atoms with E-state index < -0.39 is 0 Å². The van der Waals surface area contributed by atoms with Gasteiger partial charge < -0.3 is 4.90 Å². The van der Waals surface area contributed by atoms with Crippen molar-refractivity contribution >= 4 is 22.6 Å². The summed E-state index contributed by atoms with van der Waals surface area (Å²) in [5.74, 6) is 0.0134. The number of amides is 1. The van der Waals surface area contributed by atoms with Crippen LogP contribution in [0.15, 0.2) is 71.9 Å². The average Bonchev–Trinajstić information content (AvgIpc) is 3.34. The molecule has 1 amide bonds. The molecule has 0 bridgehead atoms. The van der Waals surface area contributed by atoms with Crippen LogP contribution in [0.2, 0.25) is 0 Å². The number of para-hydroxylation sites is 2. The minimum Gasteiger partial charge on any atom is -0.309 e. The summed E-state index contributed by atoms with van der Waals surface area (Å²) in [6.45, 7) is 2.33. The fourth-order valence-corrected chi connectivity index (χ4v) is 4.15. The molecule has 0 saturated heterocycles. The summed E-state index contributed by atoms with van der Waals surface area (Å²) in [6.07, 6.45) is 4.13. The molecule has 0 fully saturated rings. The molecule has 0 N–H and O–H groups in total. The van der Waals surface area contributed by atoms with E-state index in [4.69, 9.17) is 0 Å². The predicted octanol–water partition coefficient (Wildman–Crippen LogP) is 2.95. The third-order valence-corrected chi connectivity index (χ3v) is 5.60. The first-order chi connectivity index (χ1) is 14.6. The second kappa shape index (κ2) is 7.26. The number of hydrogen-bond donors (Lipinski definition) is 0. The van der Waals surface area contributed by atoms with Crippen molar-refractivity contribution in [3.63, 3.8) is 0 Å². The van der Waals surface area contributed by atoms with Crippen LogP contribution < -0.4 is 10.5 Å². The number of carbonyl (C=O) groups is 1. The van der Waals surface area contributed by atoms with E-state index in [0.717, 1.165) is 17.8 Å². The Morgan fingerprint density at radius 3 is 2.70 bits per heavy atom. The first kappa shape index (κ1) is 18.3. The second-order valence-corrected chi connectivity index (χ2v) is 7.57. The van der Waals surface area contributed by atoms with Crippen LogP contribution in [0.1, 0.15) is 18.9 Å². The summed E-state index contributed by atoms with van der Waals surface area (Å²) in [5.41, 5.74) is 3.32. The van der Waals surface area contributed by atoms with Crippen LogP contribution in [-0.4, -0.2) is 31.3 Å². The van der Waals surface area contributed by atoms with Crippen molar-refractivity contribution in [3.8, 4) is 5.69 Å². The smallest absolute Gasteiger partial charge is 0.264 e. The maximum absolute atomic E-state index is 12.9. The van der Waals surface area contributed by atoms with Crippen molar-refractivity contribution in [1.82, 2.24) is 19.3 Å². The Bertz CT molecular complexity index is 1290. The highest BCUT2D eigenvalue weighted by Crippen LogP contribution is 2.32. The number of nitrogens with zero attached hydrogens (tertiary/aromatic N) is 5. The first-order valence-electron chi connectivity index (χ1n) is 10.0. The van der Waals surface area contributed by atoms with E-state index in [1.165, 1.54) is 22.7 Å². The zero-order valence-corrected chi connectivity index (χ0v) is 16.6. The van der Waals surface area contributed by atoms with E-state index in [-0.39, 0.29) is 30.5 Å². The maximum atomic E-state index is 12.9. The van der Waals surface area contributed by atoms with Crippen molar-refractivity contribution in [2.45, 2.75) is 32.4 Å². The number of aryl methyl sites for hydroxylation is 1. The van der Waals surface area contributed by atoms with Crippen molar-refractivity contribution in [2.75, 3.05) is 4.90 Å². The molecular formula is C23H21N5O2. The lowest BCUT2D eigenvalue weighted by Gasteiger charge is -2.23. The summed E-state index contributed by atoms with van der Waals surface area (Å²) in [5, 5.41) is 4.76. The molecule has 7 heteroatoms. The molecule has 4 aromatic rings. The van der Waals surface area contributed by atoms with Crippen LogP contribution in [0.3, 0.4) is 0 Å². The number of anilines is 1. The zero-order valence-electron chi connectivity index (χ0n) is 16.6. The van der Waals surface area contributed by atoms with Gasteiger partial charge in [0.2, 0.25) is 5.91 Å². The maximum Gasteiger partial charge on any atom is 0.264 e. The molecule has 0 saturated carbocycles. The van der Waals surface area contributed by atoms with Crippen LogP contribution in [0.5, 0.6) is 0 Å². The monoisotopic (exact) mass is 399 g/mol. The highest BCUT2D eigenvalue weighted by molar-refractivity contribution is 5.96. The average molecular weight is 399 g/mol. The molecule has 150 valence electrons. The lowest BCUT2D eigenvalue weighted by Crippen LogP contribution is -2.36. The van der Waals surface area contributed by atoms with Crippen molar-refractivity contribution in [3.05, 3.63) is 83.0 Å². The molecule has 1 atom stereocenters. The molecule has 0 aliphatic carbocycles. The first-order valence-corrected chi connectivity index (χ1v) is 10.0. The topological polar surface area (TPSA) is 73.0 Å². The van der Waals surface area contributed by atoms with Gasteiger partial charge in [-0.2, -0.15) is 5.10 Å². The van der Waals surface area contributed by atoms with E-state index in [1.54, 1.807) is 4.68 Å². The standard InChI is InChI=1S/C23H21N5O2/c1-16-13-17-7-5-6-10-20(17)27(16)21(29)11-12-26-15-24-22-19(23(26)30)14-25-28(22)18-8-3-2-4-9-18/h2-10,14-16H,11-13H2,1H3. The van der Waals surface area contributed by atoms with Gasteiger partial charge in [0.15, 0.2) is 5.65 Å². The third kappa shape index (κ3) is 2.99. The number of hydrogen-bond acceptors (Lipinski definition) is 4. The lowest BCUT2D eigenvalue weighted by molar-refractivity contribution is -0.119.